The molecule has 2 aromatic rings. The van der Waals surface area contributed by atoms with Gasteiger partial charge in [-0.05, 0) is 29.7 Å². The van der Waals surface area contributed by atoms with Gasteiger partial charge in [0.25, 0.3) is 0 Å². The molecule has 0 radical (unpaired) electrons. The molecule has 0 aromatic heterocycles. The first-order valence-corrected chi connectivity index (χ1v) is 12.0. The number of carbonyl (C=O) groups is 2. The van der Waals surface area contributed by atoms with Crippen LogP contribution in [0.15, 0.2) is 53.4 Å². The van der Waals surface area contributed by atoms with Crippen molar-refractivity contribution in [3.63, 3.8) is 0 Å². The van der Waals surface area contributed by atoms with E-state index >= 15 is 0 Å². The summed E-state index contributed by atoms with van der Waals surface area (Å²) >= 11 is 0. The molecule has 2 atom stereocenters. The lowest BCUT2D eigenvalue weighted by Gasteiger charge is -2.37. The lowest BCUT2D eigenvalue weighted by Crippen LogP contribution is -2.38. The van der Waals surface area contributed by atoms with E-state index < -0.39 is 16.5 Å². The van der Waals surface area contributed by atoms with Gasteiger partial charge in [-0.15, -0.1) is 0 Å². The van der Waals surface area contributed by atoms with Crippen LogP contribution in [0.1, 0.15) is 23.6 Å². The Bertz CT molecular complexity index is 969. The zero-order valence-corrected chi connectivity index (χ0v) is 17.8. The van der Waals surface area contributed by atoms with E-state index in [0.29, 0.717) is 29.2 Å². The minimum absolute atomic E-state index is 0.0916. The van der Waals surface area contributed by atoms with E-state index in [1.54, 1.807) is 18.2 Å². The van der Waals surface area contributed by atoms with Gasteiger partial charge in [-0.25, -0.2) is 0 Å². The Morgan fingerprint density at radius 1 is 1.23 bits per heavy atom. The average molecular weight is 446 g/mol. The van der Waals surface area contributed by atoms with Gasteiger partial charge >= 0.3 is 0 Å². The van der Waals surface area contributed by atoms with Gasteiger partial charge in [0.1, 0.15) is 5.75 Å². The van der Waals surface area contributed by atoms with E-state index in [2.05, 4.69) is 15.5 Å². The number of hydrogen-bond donors (Lipinski definition) is 5. The predicted octanol–water partition coefficient (Wildman–Crippen LogP) is 2.21. The number of carbonyl (C=O) groups excluding carboxylic acids is 2. The second-order valence-electron chi connectivity index (χ2n) is 8.10. The maximum atomic E-state index is 12.8. The van der Waals surface area contributed by atoms with Crippen LogP contribution < -0.4 is 10.6 Å². The Kier molecular flexibility index (Phi) is 6.31. The molecule has 31 heavy (non-hydrogen) atoms. The third-order valence-corrected chi connectivity index (χ3v) is 7.32. The molecule has 5 N–H and O–H groups in total. The number of benzene rings is 2. The topological polar surface area (TPSA) is 122 Å². The molecule has 166 valence electrons. The SMILES string of the molecule is O=C1CS(O)(O)c2ccc(CC(=O)N[C@H](CN3CCC(O)C3)c3ccccc3)cc2N1. The van der Waals surface area contributed by atoms with Crippen LogP contribution >= 0.6 is 10.6 Å². The quantitative estimate of drug-likeness (QED) is 0.465. The predicted molar refractivity (Wildman–Crippen MR) is 119 cm³/mol. The lowest BCUT2D eigenvalue weighted by atomic mass is 10.1. The highest BCUT2D eigenvalue weighted by Crippen LogP contribution is 2.53. The maximum absolute atomic E-state index is 12.8. The summed E-state index contributed by atoms with van der Waals surface area (Å²) in [6.07, 6.45) is 0.495. The van der Waals surface area contributed by atoms with E-state index in [4.69, 9.17) is 0 Å². The van der Waals surface area contributed by atoms with Gasteiger partial charge in [0.2, 0.25) is 11.8 Å². The first kappa shape index (κ1) is 21.8. The summed E-state index contributed by atoms with van der Waals surface area (Å²) in [5, 5.41) is 15.6. The first-order valence-electron chi connectivity index (χ1n) is 10.2. The van der Waals surface area contributed by atoms with Crippen LogP contribution in [0.4, 0.5) is 5.69 Å². The highest BCUT2D eigenvalue weighted by molar-refractivity contribution is 8.25. The molecule has 1 unspecified atom stereocenters. The average Bonchev–Trinajstić information content (AvgIpc) is 3.11. The van der Waals surface area contributed by atoms with Crippen molar-refractivity contribution in [2.45, 2.75) is 29.9 Å². The van der Waals surface area contributed by atoms with Gasteiger partial charge < -0.3 is 15.7 Å². The number of likely N-dealkylation sites (tertiary alicyclic amines) is 1. The number of rotatable bonds is 6. The number of anilines is 1. The Hall–Kier alpha value is -2.43. The molecule has 0 aliphatic carbocycles. The minimum atomic E-state index is -3.15. The number of hydrogen-bond acceptors (Lipinski definition) is 6. The van der Waals surface area contributed by atoms with Crippen molar-refractivity contribution in [2.75, 3.05) is 30.7 Å². The fourth-order valence-corrected chi connectivity index (χ4v) is 5.44. The number of nitrogens with one attached hydrogen (secondary N) is 2. The van der Waals surface area contributed by atoms with E-state index in [-0.39, 0.29) is 30.2 Å². The minimum Gasteiger partial charge on any atom is -0.392 e. The summed E-state index contributed by atoms with van der Waals surface area (Å²) in [4.78, 5) is 27.0. The van der Waals surface area contributed by atoms with Gasteiger partial charge in [-0.2, -0.15) is 10.6 Å². The van der Waals surface area contributed by atoms with Crippen molar-refractivity contribution < 1.29 is 23.8 Å². The number of aliphatic hydroxyl groups is 1. The third-order valence-electron chi connectivity index (χ3n) is 5.59. The normalized spacial score (nSPS) is 22.3. The van der Waals surface area contributed by atoms with E-state index in [1.807, 2.05) is 30.3 Å². The molecule has 1 saturated heterocycles. The Labute approximate surface area is 182 Å². The highest BCUT2D eigenvalue weighted by atomic mass is 32.3. The smallest absolute Gasteiger partial charge is 0.244 e. The van der Waals surface area contributed by atoms with Crippen LogP contribution in [-0.2, 0) is 16.0 Å². The summed E-state index contributed by atoms with van der Waals surface area (Å²) in [5.41, 5.74) is 1.99. The number of amides is 2. The van der Waals surface area contributed by atoms with Crippen molar-refractivity contribution in [2.24, 2.45) is 0 Å². The molecule has 8 nitrogen and oxygen atoms in total. The summed E-state index contributed by atoms with van der Waals surface area (Å²) in [5.74, 6) is -0.975. The van der Waals surface area contributed by atoms with Crippen LogP contribution in [0.3, 0.4) is 0 Å². The molecule has 4 rings (SSSR count). The molecule has 0 bridgehead atoms. The first-order chi connectivity index (χ1) is 14.8. The van der Waals surface area contributed by atoms with Crippen LogP contribution in [0.25, 0.3) is 0 Å². The molecule has 9 heteroatoms. The van der Waals surface area contributed by atoms with Crippen LogP contribution in [0.2, 0.25) is 0 Å². The van der Waals surface area contributed by atoms with Crippen molar-refractivity contribution in [3.05, 3.63) is 59.7 Å². The van der Waals surface area contributed by atoms with Gasteiger partial charge in [-0.1, -0.05) is 36.4 Å². The molecular formula is C22H27N3O5S. The number of nitrogens with zero attached hydrogens (tertiary/aromatic N) is 1. The molecule has 1 fully saturated rings. The summed E-state index contributed by atoms with van der Waals surface area (Å²) in [7, 11) is -3.15. The van der Waals surface area contributed by atoms with Crippen LogP contribution in [0.5, 0.6) is 0 Å². The van der Waals surface area contributed by atoms with E-state index in [9.17, 15) is 23.8 Å². The Morgan fingerprint density at radius 2 is 2.00 bits per heavy atom. The van der Waals surface area contributed by atoms with E-state index in [1.165, 1.54) is 0 Å². The third kappa shape index (κ3) is 5.25. The Balaban J connectivity index is 1.46. The number of β-amino-alcohol motifs (C(OH)–C–C–N with tert-alkyl or cyclic N) is 1. The largest absolute Gasteiger partial charge is 0.392 e. The molecule has 2 amide bonds. The standard InChI is InChI=1S/C22H27N3O5S/c26-17-8-9-25(12-17)13-19(16-4-2-1-3-5-16)24-21(27)11-15-6-7-20-18(10-15)23-22(28)14-31(20,29)30/h1-7,10,17,19,26,29-30H,8-9,11-14H2,(H,23,28)(H,24,27)/t17?,19-/m1/s1. The molecule has 0 spiro atoms. The fraction of sp³-hybridized carbons (Fsp3) is 0.364. The fourth-order valence-electron chi connectivity index (χ4n) is 4.10. The second kappa shape index (κ2) is 8.97. The molecule has 0 saturated carbocycles. The van der Waals surface area contributed by atoms with Gasteiger partial charge in [0.15, 0.2) is 0 Å². The van der Waals surface area contributed by atoms with Crippen molar-refractivity contribution in [1.29, 1.82) is 0 Å². The summed E-state index contributed by atoms with van der Waals surface area (Å²) < 4.78 is 20.3. The summed E-state index contributed by atoms with van der Waals surface area (Å²) in [6.45, 7) is 1.99. The molecule has 2 heterocycles. The van der Waals surface area contributed by atoms with Gasteiger partial charge in [-0.3, -0.25) is 23.6 Å². The molecular weight excluding hydrogens is 418 g/mol. The molecule has 2 aliphatic heterocycles. The number of fused-ring (bicyclic) bond motifs is 1. The monoisotopic (exact) mass is 445 g/mol. The molecule has 2 aromatic carbocycles. The van der Waals surface area contributed by atoms with E-state index in [0.717, 1.165) is 18.5 Å². The maximum Gasteiger partial charge on any atom is 0.244 e. The van der Waals surface area contributed by atoms with Crippen LogP contribution in [-0.4, -0.2) is 62.4 Å². The zero-order chi connectivity index (χ0) is 22.0. The lowest BCUT2D eigenvalue weighted by molar-refractivity contribution is -0.121. The second-order valence-corrected chi connectivity index (χ2v) is 10.2. The number of aliphatic hydroxyl groups excluding tert-OH is 1. The van der Waals surface area contributed by atoms with Gasteiger partial charge in [0.05, 0.1) is 29.1 Å². The highest BCUT2D eigenvalue weighted by Gasteiger charge is 2.29. The van der Waals surface area contributed by atoms with Crippen molar-refractivity contribution in [1.82, 2.24) is 10.2 Å². The Morgan fingerprint density at radius 3 is 2.71 bits per heavy atom. The van der Waals surface area contributed by atoms with Crippen LogP contribution in [0, 0.1) is 0 Å². The van der Waals surface area contributed by atoms with Crippen molar-refractivity contribution in [3.8, 4) is 0 Å². The van der Waals surface area contributed by atoms with Crippen molar-refractivity contribution >= 4 is 28.1 Å². The molecule has 2 aliphatic rings. The summed E-state index contributed by atoms with van der Waals surface area (Å²) in [6, 6.07) is 14.4. The zero-order valence-electron chi connectivity index (χ0n) is 17.0. The van der Waals surface area contributed by atoms with Gasteiger partial charge in [0, 0.05) is 19.6 Å².